The van der Waals surface area contributed by atoms with Crippen molar-refractivity contribution in [1.82, 2.24) is 0 Å². The fraction of sp³-hybridized carbons (Fsp3) is 0.125. The van der Waals surface area contributed by atoms with Crippen molar-refractivity contribution in [3.63, 3.8) is 0 Å². The van der Waals surface area contributed by atoms with Gasteiger partial charge in [-0.05, 0) is 72.0 Å². The Balaban J connectivity index is 2.09. The monoisotopic (exact) mass is 322 g/mol. The van der Waals surface area contributed by atoms with Gasteiger partial charge in [-0.25, -0.2) is 0 Å². The van der Waals surface area contributed by atoms with Gasteiger partial charge in [-0.1, -0.05) is 47.2 Å². The van der Waals surface area contributed by atoms with Crippen LogP contribution in [0.3, 0.4) is 0 Å². The van der Waals surface area contributed by atoms with Crippen LogP contribution in [0.15, 0.2) is 66.7 Å². The molecule has 0 saturated heterocycles. The lowest BCUT2D eigenvalue weighted by Crippen LogP contribution is -1.86. The molecule has 0 atom stereocenters. The topological polar surface area (TPSA) is 4.36 Å². The zero-order valence-corrected chi connectivity index (χ0v) is 14.8. The summed E-state index contributed by atoms with van der Waals surface area (Å²) in [6.45, 7) is 3.99. The van der Waals surface area contributed by atoms with Gasteiger partial charge in [0.05, 0.1) is 0 Å². The van der Waals surface area contributed by atoms with E-state index in [2.05, 4.69) is 78.2 Å². The molecule has 0 spiro atoms. The molecular formula is C24H20N+. The molecule has 0 aliphatic heterocycles. The Hall–Kier alpha value is -3.29. The summed E-state index contributed by atoms with van der Waals surface area (Å²) in [6, 6.07) is 26.3. The summed E-state index contributed by atoms with van der Waals surface area (Å²) in [6.07, 6.45) is 0. The summed E-state index contributed by atoms with van der Waals surface area (Å²) in [4.78, 5) is 3.99. The second kappa shape index (κ2) is 7.52. The van der Waals surface area contributed by atoms with E-state index in [0.717, 1.165) is 11.1 Å². The first kappa shape index (κ1) is 16.6. The molecule has 3 aromatic carbocycles. The van der Waals surface area contributed by atoms with Crippen LogP contribution in [0.2, 0.25) is 0 Å². The second-order valence-corrected chi connectivity index (χ2v) is 5.96. The number of rotatable bonds is 2. The SMILES string of the molecule is CC#Cc1cccc(-c2cc(C)cc(-c3cccc(C#[N+]C)c3)c2)c1. The Kier molecular flexibility index (Phi) is 4.98. The van der Waals surface area contributed by atoms with Gasteiger partial charge in [0.15, 0.2) is 0 Å². The average Bonchev–Trinajstić information content (AvgIpc) is 2.62. The molecule has 0 fully saturated rings. The van der Waals surface area contributed by atoms with Crippen LogP contribution in [-0.4, -0.2) is 7.05 Å². The van der Waals surface area contributed by atoms with E-state index in [0.29, 0.717) is 0 Å². The molecule has 0 amide bonds. The van der Waals surface area contributed by atoms with Crippen molar-refractivity contribution >= 4 is 0 Å². The highest BCUT2D eigenvalue weighted by Crippen LogP contribution is 2.29. The molecule has 120 valence electrons. The van der Waals surface area contributed by atoms with Gasteiger partial charge >= 0.3 is 6.07 Å². The van der Waals surface area contributed by atoms with E-state index in [4.69, 9.17) is 0 Å². The minimum absolute atomic E-state index is 0.989. The minimum Gasteiger partial charge on any atom is -0.101 e. The Morgan fingerprint density at radius 1 is 0.720 bits per heavy atom. The Morgan fingerprint density at radius 2 is 1.32 bits per heavy atom. The van der Waals surface area contributed by atoms with Crippen molar-refractivity contribution < 1.29 is 0 Å². The molecule has 0 radical (unpaired) electrons. The van der Waals surface area contributed by atoms with Gasteiger partial charge in [0.25, 0.3) is 7.05 Å². The minimum atomic E-state index is 0.989. The predicted molar refractivity (Wildman–Crippen MR) is 107 cm³/mol. The van der Waals surface area contributed by atoms with Crippen LogP contribution in [-0.2, 0) is 0 Å². The van der Waals surface area contributed by atoms with E-state index in [1.807, 2.05) is 25.1 Å². The lowest BCUT2D eigenvalue weighted by atomic mass is 9.95. The van der Waals surface area contributed by atoms with E-state index >= 15 is 0 Å². The number of nitrogens with zero attached hydrogens (tertiary/aromatic N) is 1. The first-order valence-corrected chi connectivity index (χ1v) is 8.30. The first-order valence-electron chi connectivity index (χ1n) is 8.30. The van der Waals surface area contributed by atoms with E-state index in [9.17, 15) is 0 Å². The molecule has 0 unspecified atom stereocenters. The van der Waals surface area contributed by atoms with E-state index in [1.54, 1.807) is 7.05 Å². The molecule has 3 aromatic rings. The second-order valence-electron chi connectivity index (χ2n) is 5.96. The van der Waals surface area contributed by atoms with E-state index < -0.39 is 0 Å². The van der Waals surface area contributed by atoms with Gasteiger partial charge in [0.1, 0.15) is 5.56 Å². The molecule has 0 heterocycles. The maximum atomic E-state index is 3.99. The van der Waals surface area contributed by atoms with Crippen LogP contribution >= 0.6 is 0 Å². The first-order chi connectivity index (χ1) is 12.2. The predicted octanol–water partition coefficient (Wildman–Crippen LogP) is 6.01. The third-order valence-electron chi connectivity index (χ3n) is 3.98. The third-order valence-corrected chi connectivity index (χ3v) is 3.98. The van der Waals surface area contributed by atoms with E-state index in [1.165, 1.54) is 27.8 Å². The van der Waals surface area contributed by atoms with Gasteiger partial charge in [0.2, 0.25) is 0 Å². The number of aryl methyl sites for hydroxylation is 1. The van der Waals surface area contributed by atoms with Crippen molar-refractivity contribution in [2.45, 2.75) is 13.8 Å². The van der Waals surface area contributed by atoms with Gasteiger partial charge in [-0.3, -0.25) is 0 Å². The molecular weight excluding hydrogens is 302 g/mol. The smallest absolute Gasteiger partial charge is 0.101 e. The van der Waals surface area contributed by atoms with Crippen molar-refractivity contribution in [3.05, 3.63) is 88.3 Å². The highest BCUT2D eigenvalue weighted by molar-refractivity contribution is 5.75. The quantitative estimate of drug-likeness (QED) is 0.509. The molecule has 0 N–H and O–H groups in total. The molecule has 0 bridgehead atoms. The van der Waals surface area contributed by atoms with Crippen LogP contribution in [0, 0.1) is 24.8 Å². The third kappa shape index (κ3) is 3.97. The van der Waals surface area contributed by atoms with Gasteiger partial charge in [0, 0.05) is 5.56 Å². The summed E-state index contributed by atoms with van der Waals surface area (Å²) in [5.74, 6) is 6.10. The zero-order chi connectivity index (χ0) is 17.6. The summed E-state index contributed by atoms with van der Waals surface area (Å²) in [7, 11) is 1.74. The zero-order valence-electron chi connectivity index (χ0n) is 14.8. The summed E-state index contributed by atoms with van der Waals surface area (Å²) < 4.78 is 0. The van der Waals surface area contributed by atoms with Crippen LogP contribution in [0.25, 0.3) is 27.1 Å². The Bertz CT molecular complexity index is 955. The Morgan fingerprint density at radius 3 is 1.92 bits per heavy atom. The van der Waals surface area contributed by atoms with Crippen molar-refractivity contribution in [2.24, 2.45) is 0 Å². The molecule has 0 aliphatic rings. The average molecular weight is 322 g/mol. The van der Waals surface area contributed by atoms with Gasteiger partial charge < -0.3 is 0 Å². The number of hydrogen-bond donors (Lipinski definition) is 0. The van der Waals surface area contributed by atoms with Gasteiger partial charge in [-0.15, -0.1) is 5.92 Å². The summed E-state index contributed by atoms with van der Waals surface area (Å²) >= 11 is 0. The molecule has 0 aliphatic carbocycles. The van der Waals surface area contributed by atoms with Crippen LogP contribution in [0.1, 0.15) is 23.6 Å². The summed E-state index contributed by atoms with van der Waals surface area (Å²) in [5.41, 5.74) is 8.02. The number of hydrogen-bond acceptors (Lipinski definition) is 0. The number of benzene rings is 3. The molecule has 0 aromatic heterocycles. The van der Waals surface area contributed by atoms with Crippen molar-refractivity contribution in [1.29, 1.82) is 0 Å². The standard InChI is InChI=1S/C24H20N/c1-4-7-19-8-5-10-21(14-19)23-12-18(2)13-24(16-23)22-11-6-9-20(15-22)17-25-3/h5-6,8-16H,1-3H3/q+1. The fourth-order valence-corrected chi connectivity index (χ4v) is 2.93. The molecule has 1 nitrogen and oxygen atoms in total. The van der Waals surface area contributed by atoms with Crippen LogP contribution < -0.4 is 0 Å². The van der Waals surface area contributed by atoms with Crippen LogP contribution in [0.4, 0.5) is 0 Å². The molecule has 1 heteroatoms. The maximum Gasteiger partial charge on any atom is 0.310 e. The molecule has 0 saturated carbocycles. The highest BCUT2D eigenvalue weighted by atomic mass is 14.6. The highest BCUT2D eigenvalue weighted by Gasteiger charge is 2.06. The largest absolute Gasteiger partial charge is 0.310 e. The lowest BCUT2D eigenvalue weighted by molar-refractivity contribution is 1.45. The van der Waals surface area contributed by atoms with Gasteiger partial charge in [-0.2, -0.15) is 0 Å². The lowest BCUT2D eigenvalue weighted by Gasteiger charge is -2.09. The van der Waals surface area contributed by atoms with Crippen LogP contribution in [0.5, 0.6) is 0 Å². The summed E-state index contributed by atoms with van der Waals surface area (Å²) in [5, 5.41) is 0. The van der Waals surface area contributed by atoms with Crippen molar-refractivity contribution in [2.75, 3.05) is 7.05 Å². The molecule has 3 rings (SSSR count). The van der Waals surface area contributed by atoms with Crippen molar-refractivity contribution in [3.8, 4) is 40.2 Å². The maximum absolute atomic E-state index is 3.99. The molecule has 25 heavy (non-hydrogen) atoms. The van der Waals surface area contributed by atoms with E-state index in [-0.39, 0.29) is 0 Å². The fourth-order valence-electron chi connectivity index (χ4n) is 2.93. The normalized spacial score (nSPS) is 9.56. The Labute approximate surface area is 149 Å².